The van der Waals surface area contributed by atoms with Gasteiger partial charge in [-0.15, -0.1) is 0 Å². The quantitative estimate of drug-likeness (QED) is 0.771. The molecule has 1 rings (SSSR count). The van der Waals surface area contributed by atoms with Crippen LogP contribution >= 0.6 is 0 Å². The van der Waals surface area contributed by atoms with Gasteiger partial charge in [0.2, 0.25) is 12.2 Å². The Morgan fingerprint density at radius 1 is 1.10 bits per heavy atom. The van der Waals surface area contributed by atoms with Crippen LogP contribution in [-0.4, -0.2) is 42.4 Å². The first kappa shape index (κ1) is 17.4. The zero-order valence-electron chi connectivity index (χ0n) is 13.0. The minimum absolute atomic E-state index is 0.137. The Labute approximate surface area is 124 Å². The highest BCUT2D eigenvalue weighted by atomic mass is 16.7. The number of carbonyl (C=O) groups excluding carboxylic acids is 3. The first-order valence-corrected chi connectivity index (χ1v) is 7.03. The number of nitrogens with one attached hydrogen (secondary N) is 1. The van der Waals surface area contributed by atoms with Crippen LogP contribution in [0.25, 0.3) is 0 Å². The van der Waals surface area contributed by atoms with Gasteiger partial charge in [0.25, 0.3) is 0 Å². The molecule has 5 atom stereocenters. The molecule has 1 fully saturated rings. The lowest BCUT2D eigenvalue weighted by atomic mass is 9.87. The molecule has 0 spiro atoms. The van der Waals surface area contributed by atoms with E-state index in [1.54, 1.807) is 0 Å². The van der Waals surface area contributed by atoms with Crippen LogP contribution in [-0.2, 0) is 28.6 Å². The van der Waals surface area contributed by atoms with Crippen LogP contribution in [0.4, 0.5) is 0 Å². The maximum Gasteiger partial charge on any atom is 0.305 e. The molecule has 0 aromatic rings. The first-order chi connectivity index (χ1) is 9.76. The number of hydrogen-bond acceptors (Lipinski definition) is 6. The number of ether oxygens (including phenoxy) is 3. The molecular formula is C14H23NO6. The molecule has 21 heavy (non-hydrogen) atoms. The molecule has 7 nitrogen and oxygen atoms in total. The number of rotatable bonds is 4. The zero-order chi connectivity index (χ0) is 16.2. The van der Waals surface area contributed by atoms with Crippen molar-refractivity contribution in [1.29, 1.82) is 0 Å². The van der Waals surface area contributed by atoms with Gasteiger partial charge in [0.15, 0.2) is 0 Å². The van der Waals surface area contributed by atoms with Crippen molar-refractivity contribution < 1.29 is 28.6 Å². The number of hydrogen-bond donors (Lipinski definition) is 1. The van der Waals surface area contributed by atoms with Crippen molar-refractivity contribution in [3.8, 4) is 0 Å². The van der Waals surface area contributed by atoms with Crippen LogP contribution in [0, 0.1) is 5.92 Å². The molecular weight excluding hydrogens is 278 g/mol. The standard InChI is InChI=1S/C14H23NO6/c1-6-11-7(2)13(19-9(4)17)12(15-8(3)16)14(21-11)20-10(5)18/h7,11-14H,6H2,1-5H3,(H,15,16). The molecule has 0 saturated carbocycles. The van der Waals surface area contributed by atoms with Gasteiger partial charge in [-0.3, -0.25) is 14.4 Å². The van der Waals surface area contributed by atoms with Crippen LogP contribution in [0.15, 0.2) is 0 Å². The molecule has 0 bridgehead atoms. The van der Waals surface area contributed by atoms with E-state index >= 15 is 0 Å². The van der Waals surface area contributed by atoms with Gasteiger partial charge in [0.05, 0.1) is 6.10 Å². The smallest absolute Gasteiger partial charge is 0.305 e. The van der Waals surface area contributed by atoms with E-state index in [0.29, 0.717) is 6.42 Å². The van der Waals surface area contributed by atoms with E-state index in [1.807, 2.05) is 13.8 Å². The largest absolute Gasteiger partial charge is 0.460 e. The maximum absolute atomic E-state index is 11.4. The normalized spacial score (nSPS) is 32.1. The fraction of sp³-hybridized carbons (Fsp3) is 0.786. The van der Waals surface area contributed by atoms with Crippen molar-refractivity contribution in [1.82, 2.24) is 5.32 Å². The molecule has 0 aliphatic carbocycles. The van der Waals surface area contributed by atoms with Gasteiger partial charge >= 0.3 is 11.9 Å². The van der Waals surface area contributed by atoms with Gasteiger partial charge in [-0.25, -0.2) is 0 Å². The van der Waals surface area contributed by atoms with Crippen molar-refractivity contribution in [2.45, 2.75) is 65.6 Å². The second-order valence-corrected chi connectivity index (χ2v) is 5.22. The van der Waals surface area contributed by atoms with Crippen LogP contribution in [0.1, 0.15) is 41.0 Å². The van der Waals surface area contributed by atoms with Gasteiger partial charge in [-0.2, -0.15) is 0 Å². The SMILES string of the molecule is CCC1OC(OC(C)=O)C(NC(C)=O)C(OC(C)=O)C1C. The summed E-state index contributed by atoms with van der Waals surface area (Å²) in [6.45, 7) is 7.70. The highest BCUT2D eigenvalue weighted by Gasteiger charge is 2.47. The minimum atomic E-state index is -0.975. The lowest BCUT2D eigenvalue weighted by Crippen LogP contribution is -2.62. The third-order valence-electron chi connectivity index (χ3n) is 3.42. The summed E-state index contributed by atoms with van der Waals surface area (Å²) in [5.74, 6) is -1.44. The van der Waals surface area contributed by atoms with Crippen LogP contribution in [0.3, 0.4) is 0 Å². The van der Waals surface area contributed by atoms with Crippen LogP contribution in [0.2, 0.25) is 0 Å². The Morgan fingerprint density at radius 3 is 2.10 bits per heavy atom. The summed E-state index contributed by atoms with van der Waals surface area (Å²) >= 11 is 0. The van der Waals surface area contributed by atoms with E-state index in [0.717, 1.165) is 0 Å². The molecule has 0 aromatic carbocycles. The Morgan fingerprint density at radius 2 is 1.67 bits per heavy atom. The molecule has 1 amide bonds. The number of esters is 2. The minimum Gasteiger partial charge on any atom is -0.460 e. The molecule has 120 valence electrons. The summed E-state index contributed by atoms with van der Waals surface area (Å²) in [4.78, 5) is 33.9. The summed E-state index contributed by atoms with van der Waals surface area (Å²) in [6, 6.07) is -0.729. The third kappa shape index (κ3) is 4.70. The van der Waals surface area contributed by atoms with E-state index in [9.17, 15) is 14.4 Å². The molecule has 7 heteroatoms. The first-order valence-electron chi connectivity index (χ1n) is 7.03. The Hall–Kier alpha value is -1.63. The lowest BCUT2D eigenvalue weighted by molar-refractivity contribution is -0.246. The van der Waals surface area contributed by atoms with Gasteiger partial charge in [0.1, 0.15) is 12.1 Å². The molecule has 1 N–H and O–H groups in total. The second kappa shape index (κ2) is 7.40. The van der Waals surface area contributed by atoms with Crippen LogP contribution < -0.4 is 5.32 Å². The predicted octanol–water partition coefficient (Wildman–Crippen LogP) is 0.757. The molecule has 0 aromatic heterocycles. The fourth-order valence-corrected chi connectivity index (χ4v) is 2.56. The summed E-state index contributed by atoms with van der Waals surface area (Å²) in [7, 11) is 0. The number of amides is 1. The van der Waals surface area contributed by atoms with Crippen molar-refractivity contribution >= 4 is 17.8 Å². The maximum atomic E-state index is 11.4. The topological polar surface area (TPSA) is 90.9 Å². The molecule has 1 aliphatic heterocycles. The van der Waals surface area contributed by atoms with Crippen molar-refractivity contribution in [2.24, 2.45) is 5.92 Å². The summed E-state index contributed by atoms with van der Waals surface area (Å²) < 4.78 is 16.2. The predicted molar refractivity (Wildman–Crippen MR) is 73.0 cm³/mol. The summed E-state index contributed by atoms with van der Waals surface area (Å²) in [5, 5.41) is 2.65. The molecule has 0 radical (unpaired) electrons. The molecule has 5 unspecified atom stereocenters. The lowest BCUT2D eigenvalue weighted by Gasteiger charge is -2.44. The molecule has 1 aliphatic rings. The Bertz CT molecular complexity index is 410. The van der Waals surface area contributed by atoms with Crippen LogP contribution in [0.5, 0.6) is 0 Å². The van der Waals surface area contributed by atoms with Crippen molar-refractivity contribution in [3.05, 3.63) is 0 Å². The van der Waals surface area contributed by atoms with Gasteiger partial charge in [-0.05, 0) is 6.42 Å². The van der Waals surface area contributed by atoms with E-state index in [2.05, 4.69) is 5.32 Å². The Kier molecular flexibility index (Phi) is 6.14. The average molecular weight is 301 g/mol. The van der Waals surface area contributed by atoms with E-state index in [1.165, 1.54) is 20.8 Å². The van der Waals surface area contributed by atoms with Gasteiger partial charge in [-0.1, -0.05) is 13.8 Å². The average Bonchev–Trinajstić information content (AvgIpc) is 2.35. The summed E-state index contributed by atoms with van der Waals surface area (Å²) in [6.07, 6.45) is -1.15. The van der Waals surface area contributed by atoms with Crippen molar-refractivity contribution in [2.75, 3.05) is 0 Å². The fourth-order valence-electron chi connectivity index (χ4n) is 2.56. The number of carbonyl (C=O) groups is 3. The van der Waals surface area contributed by atoms with E-state index in [4.69, 9.17) is 14.2 Å². The van der Waals surface area contributed by atoms with Gasteiger partial charge in [0, 0.05) is 26.7 Å². The monoisotopic (exact) mass is 301 g/mol. The van der Waals surface area contributed by atoms with E-state index < -0.39 is 30.4 Å². The highest BCUT2D eigenvalue weighted by molar-refractivity contribution is 5.73. The third-order valence-corrected chi connectivity index (χ3v) is 3.42. The molecule has 1 saturated heterocycles. The Balaban J connectivity index is 3.05. The van der Waals surface area contributed by atoms with Gasteiger partial charge < -0.3 is 19.5 Å². The highest BCUT2D eigenvalue weighted by Crippen LogP contribution is 2.30. The van der Waals surface area contributed by atoms with Crippen molar-refractivity contribution in [3.63, 3.8) is 0 Å². The molecule has 1 heterocycles. The summed E-state index contributed by atoms with van der Waals surface area (Å²) in [5.41, 5.74) is 0. The van der Waals surface area contributed by atoms with E-state index in [-0.39, 0.29) is 17.9 Å². The second-order valence-electron chi connectivity index (χ2n) is 5.22. The zero-order valence-corrected chi connectivity index (χ0v) is 13.0.